The van der Waals surface area contributed by atoms with Gasteiger partial charge in [0.2, 0.25) is 0 Å². The number of rotatable bonds is 4. The molecule has 0 saturated carbocycles. The van der Waals surface area contributed by atoms with Crippen LogP contribution in [0.1, 0.15) is 30.0 Å². The lowest BCUT2D eigenvalue weighted by Gasteiger charge is -2.36. The molecule has 7 nitrogen and oxygen atoms in total. The number of hydrogen-bond acceptors (Lipinski definition) is 4. The molecule has 1 aromatic rings. The number of aromatic nitrogens is 2. The number of aliphatic carboxylic acids is 1. The van der Waals surface area contributed by atoms with Crippen LogP contribution in [-0.2, 0) is 11.2 Å². The summed E-state index contributed by atoms with van der Waals surface area (Å²) < 4.78 is 0. The van der Waals surface area contributed by atoms with E-state index in [1.54, 1.807) is 22.9 Å². The SMILES string of the molecule is CC(C)Cc1cc(C(=O)N2CCN(C)C(C(=O)O)C2)n[nH]1. The fraction of sp³-hybridized carbons (Fsp3) is 0.643. The molecule has 2 rings (SSSR count). The third-order valence-corrected chi connectivity index (χ3v) is 3.70. The molecule has 0 aliphatic carbocycles. The molecule has 1 atom stereocenters. The Hall–Kier alpha value is -1.89. The zero-order valence-corrected chi connectivity index (χ0v) is 12.7. The molecule has 0 aromatic carbocycles. The van der Waals surface area contributed by atoms with Crippen LogP contribution in [-0.4, -0.2) is 69.7 Å². The summed E-state index contributed by atoms with van der Waals surface area (Å²) in [5.41, 5.74) is 1.29. The zero-order valence-electron chi connectivity index (χ0n) is 12.7. The maximum Gasteiger partial charge on any atom is 0.322 e. The van der Waals surface area contributed by atoms with E-state index < -0.39 is 12.0 Å². The molecule has 116 valence electrons. The van der Waals surface area contributed by atoms with Gasteiger partial charge in [-0.1, -0.05) is 13.8 Å². The summed E-state index contributed by atoms with van der Waals surface area (Å²) in [6.45, 7) is 5.45. The van der Waals surface area contributed by atoms with Gasteiger partial charge in [0.15, 0.2) is 0 Å². The van der Waals surface area contributed by atoms with Crippen LogP contribution in [0.25, 0.3) is 0 Å². The van der Waals surface area contributed by atoms with Gasteiger partial charge < -0.3 is 10.0 Å². The largest absolute Gasteiger partial charge is 0.480 e. The second-order valence-electron chi connectivity index (χ2n) is 5.96. The standard InChI is InChI=1S/C14H22N4O3/c1-9(2)6-10-7-11(16-15-10)13(19)18-5-4-17(3)12(8-18)14(20)21/h7,9,12H,4-6,8H2,1-3H3,(H,15,16)(H,20,21). The smallest absolute Gasteiger partial charge is 0.322 e. The predicted molar refractivity (Wildman–Crippen MR) is 77.1 cm³/mol. The Morgan fingerprint density at radius 2 is 2.19 bits per heavy atom. The molecule has 2 heterocycles. The van der Waals surface area contributed by atoms with Crippen LogP contribution in [0.2, 0.25) is 0 Å². The van der Waals surface area contributed by atoms with E-state index in [4.69, 9.17) is 0 Å². The lowest BCUT2D eigenvalue weighted by molar-refractivity contribution is -0.144. The van der Waals surface area contributed by atoms with Crippen molar-refractivity contribution in [1.82, 2.24) is 20.0 Å². The third kappa shape index (κ3) is 3.60. The van der Waals surface area contributed by atoms with Gasteiger partial charge in [0.05, 0.1) is 0 Å². The van der Waals surface area contributed by atoms with Crippen LogP contribution >= 0.6 is 0 Å². The van der Waals surface area contributed by atoms with Crippen molar-refractivity contribution < 1.29 is 14.7 Å². The number of nitrogens with zero attached hydrogens (tertiary/aromatic N) is 3. The van der Waals surface area contributed by atoms with Gasteiger partial charge in [0.1, 0.15) is 11.7 Å². The van der Waals surface area contributed by atoms with E-state index in [0.29, 0.717) is 24.7 Å². The van der Waals surface area contributed by atoms with Gasteiger partial charge >= 0.3 is 5.97 Å². The molecule has 0 spiro atoms. The molecule has 0 bridgehead atoms. The summed E-state index contributed by atoms with van der Waals surface area (Å²) in [4.78, 5) is 26.9. The summed E-state index contributed by atoms with van der Waals surface area (Å²) in [6.07, 6.45) is 0.834. The van der Waals surface area contributed by atoms with Crippen LogP contribution < -0.4 is 0 Å². The number of aromatic amines is 1. The summed E-state index contributed by atoms with van der Waals surface area (Å²) in [5, 5.41) is 16.1. The highest BCUT2D eigenvalue weighted by Gasteiger charge is 2.33. The number of carboxylic acids is 1. The molecule has 1 aliphatic heterocycles. The van der Waals surface area contributed by atoms with Gasteiger partial charge in [-0.05, 0) is 25.5 Å². The topological polar surface area (TPSA) is 89.5 Å². The van der Waals surface area contributed by atoms with Gasteiger partial charge in [-0.3, -0.25) is 19.6 Å². The maximum absolute atomic E-state index is 12.4. The van der Waals surface area contributed by atoms with Gasteiger partial charge in [0, 0.05) is 25.3 Å². The number of nitrogens with one attached hydrogen (secondary N) is 1. The minimum absolute atomic E-state index is 0.192. The molecule has 1 saturated heterocycles. The van der Waals surface area contributed by atoms with Crippen molar-refractivity contribution in [2.24, 2.45) is 5.92 Å². The van der Waals surface area contributed by atoms with Gasteiger partial charge in [-0.25, -0.2) is 0 Å². The third-order valence-electron chi connectivity index (χ3n) is 3.70. The monoisotopic (exact) mass is 294 g/mol. The Morgan fingerprint density at radius 1 is 1.48 bits per heavy atom. The molecule has 1 aromatic heterocycles. The fourth-order valence-electron chi connectivity index (χ4n) is 2.50. The van der Waals surface area contributed by atoms with Crippen LogP contribution in [0.5, 0.6) is 0 Å². The average Bonchev–Trinajstić information content (AvgIpc) is 2.85. The highest BCUT2D eigenvalue weighted by atomic mass is 16.4. The molecule has 7 heteroatoms. The Bertz CT molecular complexity index is 526. The summed E-state index contributed by atoms with van der Waals surface area (Å²) >= 11 is 0. The van der Waals surface area contributed by atoms with Crippen LogP contribution in [0.3, 0.4) is 0 Å². The van der Waals surface area contributed by atoms with E-state index in [2.05, 4.69) is 24.0 Å². The normalized spacial score (nSPS) is 20.0. The van der Waals surface area contributed by atoms with Gasteiger partial charge in [0.25, 0.3) is 5.91 Å². The van der Waals surface area contributed by atoms with Crippen molar-refractivity contribution in [1.29, 1.82) is 0 Å². The zero-order chi connectivity index (χ0) is 15.6. The van der Waals surface area contributed by atoms with Crippen molar-refractivity contribution >= 4 is 11.9 Å². The van der Waals surface area contributed by atoms with Crippen LogP contribution in [0.4, 0.5) is 0 Å². The molecule has 1 amide bonds. The Labute approximate surface area is 123 Å². The number of carbonyl (C=O) groups is 2. The lowest BCUT2D eigenvalue weighted by atomic mass is 10.1. The van der Waals surface area contributed by atoms with Crippen molar-refractivity contribution in [3.63, 3.8) is 0 Å². The first kappa shape index (κ1) is 15.5. The molecular formula is C14H22N4O3. The van der Waals surface area contributed by atoms with E-state index in [9.17, 15) is 14.7 Å². The molecule has 1 unspecified atom stereocenters. The highest BCUT2D eigenvalue weighted by Crippen LogP contribution is 2.13. The van der Waals surface area contributed by atoms with Crippen molar-refractivity contribution in [2.75, 3.05) is 26.7 Å². The Balaban J connectivity index is 2.06. The van der Waals surface area contributed by atoms with E-state index in [1.165, 1.54) is 0 Å². The van der Waals surface area contributed by atoms with E-state index in [-0.39, 0.29) is 12.5 Å². The Kier molecular flexibility index (Phi) is 4.62. The first-order valence-corrected chi connectivity index (χ1v) is 7.15. The summed E-state index contributed by atoms with van der Waals surface area (Å²) in [6, 6.07) is 1.10. The van der Waals surface area contributed by atoms with Crippen molar-refractivity contribution in [3.05, 3.63) is 17.5 Å². The van der Waals surface area contributed by atoms with Gasteiger partial charge in [-0.15, -0.1) is 0 Å². The average molecular weight is 294 g/mol. The van der Waals surface area contributed by atoms with Crippen LogP contribution in [0, 0.1) is 5.92 Å². The van der Waals surface area contributed by atoms with E-state index in [0.717, 1.165) is 12.1 Å². The summed E-state index contributed by atoms with van der Waals surface area (Å²) in [5.74, 6) is -0.633. The number of piperazine rings is 1. The van der Waals surface area contributed by atoms with Crippen molar-refractivity contribution in [2.45, 2.75) is 26.3 Å². The number of carboxylic acid groups (broad SMARTS) is 1. The lowest BCUT2D eigenvalue weighted by Crippen LogP contribution is -2.56. The minimum Gasteiger partial charge on any atom is -0.480 e. The quantitative estimate of drug-likeness (QED) is 0.841. The van der Waals surface area contributed by atoms with Crippen LogP contribution in [0.15, 0.2) is 6.07 Å². The maximum atomic E-state index is 12.4. The first-order chi connectivity index (χ1) is 9.88. The molecule has 1 fully saturated rings. The number of likely N-dealkylation sites (N-methyl/N-ethyl adjacent to an activating group) is 1. The molecule has 21 heavy (non-hydrogen) atoms. The fourth-order valence-corrected chi connectivity index (χ4v) is 2.50. The number of amides is 1. The van der Waals surface area contributed by atoms with Gasteiger partial charge in [-0.2, -0.15) is 5.10 Å². The molecule has 2 N–H and O–H groups in total. The molecule has 0 radical (unpaired) electrons. The van der Waals surface area contributed by atoms with E-state index >= 15 is 0 Å². The number of carbonyl (C=O) groups excluding carboxylic acids is 1. The Morgan fingerprint density at radius 3 is 2.81 bits per heavy atom. The highest BCUT2D eigenvalue weighted by molar-refractivity contribution is 5.93. The predicted octanol–water partition coefficient (Wildman–Crippen LogP) is 0.449. The molecular weight excluding hydrogens is 272 g/mol. The first-order valence-electron chi connectivity index (χ1n) is 7.15. The summed E-state index contributed by atoms with van der Waals surface area (Å²) in [7, 11) is 1.76. The second kappa shape index (κ2) is 6.26. The minimum atomic E-state index is -0.905. The number of hydrogen-bond donors (Lipinski definition) is 2. The molecule has 1 aliphatic rings. The number of H-pyrrole nitrogens is 1. The van der Waals surface area contributed by atoms with E-state index in [1.807, 2.05) is 0 Å². The van der Waals surface area contributed by atoms with Crippen molar-refractivity contribution in [3.8, 4) is 0 Å². The second-order valence-corrected chi connectivity index (χ2v) is 5.96.